The zero-order chi connectivity index (χ0) is 11.4. The summed E-state index contributed by atoms with van der Waals surface area (Å²) in [6.07, 6.45) is 2.30. The van der Waals surface area contributed by atoms with E-state index in [2.05, 4.69) is 24.8 Å². The Morgan fingerprint density at radius 2 is 2.38 bits per heavy atom. The smallest absolute Gasteiger partial charge is 0.176 e. The van der Waals surface area contributed by atoms with Crippen molar-refractivity contribution in [2.75, 3.05) is 5.43 Å². The summed E-state index contributed by atoms with van der Waals surface area (Å²) >= 11 is 2.82. The van der Waals surface area contributed by atoms with Crippen LogP contribution in [0.25, 0.3) is 0 Å². The van der Waals surface area contributed by atoms with Gasteiger partial charge >= 0.3 is 0 Å². The number of aromatic nitrogens is 4. The first-order chi connectivity index (χ1) is 7.81. The van der Waals surface area contributed by atoms with Crippen LogP contribution in [0.5, 0.6) is 0 Å². The van der Waals surface area contributed by atoms with Crippen molar-refractivity contribution in [1.82, 2.24) is 19.3 Å². The summed E-state index contributed by atoms with van der Waals surface area (Å²) < 4.78 is 5.07. The van der Waals surface area contributed by atoms with Crippen molar-refractivity contribution >= 4 is 29.1 Å². The van der Waals surface area contributed by atoms with Gasteiger partial charge < -0.3 is 5.43 Å². The first kappa shape index (κ1) is 11.2. The van der Waals surface area contributed by atoms with Gasteiger partial charge in [-0.15, -0.1) is 0 Å². The van der Waals surface area contributed by atoms with E-state index in [0.29, 0.717) is 5.82 Å². The number of nitrogens with two attached hydrogens (primary N) is 1. The molecule has 0 amide bonds. The zero-order valence-electron chi connectivity index (χ0n) is 8.54. The molecule has 2 rings (SSSR count). The molecule has 0 fully saturated rings. The largest absolute Gasteiger partial charge is 0.308 e. The minimum absolute atomic E-state index is 0.581. The molecule has 0 spiro atoms. The lowest BCUT2D eigenvalue weighted by atomic mass is 10.5. The van der Waals surface area contributed by atoms with Crippen molar-refractivity contribution in [3.63, 3.8) is 0 Å². The minimum Gasteiger partial charge on any atom is -0.308 e. The molecule has 6 nitrogen and oxygen atoms in total. The van der Waals surface area contributed by atoms with Gasteiger partial charge in [0, 0.05) is 12.5 Å². The fourth-order valence-electron chi connectivity index (χ4n) is 0.987. The molecule has 8 heteroatoms. The molecule has 0 radical (unpaired) electrons. The molecule has 0 saturated heterocycles. The molecule has 2 aromatic rings. The van der Waals surface area contributed by atoms with Crippen molar-refractivity contribution in [3.8, 4) is 0 Å². The van der Waals surface area contributed by atoms with E-state index in [1.54, 1.807) is 6.07 Å². The van der Waals surface area contributed by atoms with E-state index < -0.39 is 0 Å². The van der Waals surface area contributed by atoms with Crippen molar-refractivity contribution < 1.29 is 0 Å². The highest BCUT2D eigenvalue weighted by Gasteiger charge is 2.06. The summed E-state index contributed by atoms with van der Waals surface area (Å²) in [6, 6.07) is 1.76. The molecule has 84 valence electrons. The number of hydrogen-bond acceptors (Lipinski definition) is 8. The molecule has 2 heterocycles. The van der Waals surface area contributed by atoms with E-state index in [1.807, 2.05) is 6.92 Å². The quantitative estimate of drug-likeness (QED) is 0.483. The van der Waals surface area contributed by atoms with Crippen LogP contribution in [0.2, 0.25) is 0 Å². The van der Waals surface area contributed by atoms with Gasteiger partial charge in [0.15, 0.2) is 4.34 Å². The van der Waals surface area contributed by atoms with Crippen molar-refractivity contribution in [1.29, 1.82) is 0 Å². The Hall–Kier alpha value is -1.25. The van der Waals surface area contributed by atoms with E-state index in [1.165, 1.54) is 29.6 Å². The Morgan fingerprint density at radius 3 is 3.06 bits per heavy atom. The SMILES string of the molecule is CCc1nsc(Sc2cc(NN)ncn2)n1. The predicted octanol–water partition coefficient (Wildman–Crippen LogP) is 1.33. The Labute approximate surface area is 101 Å². The number of rotatable bonds is 4. The normalized spacial score (nSPS) is 10.4. The maximum Gasteiger partial charge on any atom is 0.176 e. The number of anilines is 1. The monoisotopic (exact) mass is 254 g/mol. The molecule has 0 aromatic carbocycles. The van der Waals surface area contributed by atoms with Crippen molar-refractivity contribution in [3.05, 3.63) is 18.2 Å². The molecule has 0 aliphatic carbocycles. The summed E-state index contributed by atoms with van der Waals surface area (Å²) in [6.45, 7) is 2.03. The maximum absolute atomic E-state index is 5.26. The highest BCUT2D eigenvalue weighted by molar-refractivity contribution is 8.00. The van der Waals surface area contributed by atoms with Crippen molar-refractivity contribution in [2.24, 2.45) is 5.84 Å². The van der Waals surface area contributed by atoms with Crippen LogP contribution in [0.3, 0.4) is 0 Å². The number of nitrogen functional groups attached to an aromatic ring is 1. The third-order valence-corrected chi connectivity index (χ3v) is 3.47. The second-order valence-electron chi connectivity index (χ2n) is 2.82. The summed E-state index contributed by atoms with van der Waals surface area (Å²) in [4.78, 5) is 12.4. The molecule has 0 atom stereocenters. The third kappa shape index (κ3) is 2.65. The third-order valence-electron chi connectivity index (χ3n) is 1.75. The van der Waals surface area contributed by atoms with Gasteiger partial charge in [-0.1, -0.05) is 6.92 Å². The highest BCUT2D eigenvalue weighted by Crippen LogP contribution is 2.27. The molecule has 3 N–H and O–H groups in total. The summed E-state index contributed by atoms with van der Waals surface area (Å²) in [5.74, 6) is 6.70. The average molecular weight is 254 g/mol. The van der Waals surface area contributed by atoms with Gasteiger partial charge in [0.1, 0.15) is 23.0 Å². The Bertz CT molecular complexity index is 471. The van der Waals surface area contributed by atoms with E-state index >= 15 is 0 Å². The van der Waals surface area contributed by atoms with Crippen LogP contribution in [0.4, 0.5) is 5.82 Å². The lowest BCUT2D eigenvalue weighted by Crippen LogP contribution is -2.08. The Balaban J connectivity index is 2.13. The zero-order valence-corrected chi connectivity index (χ0v) is 10.2. The number of hydrogen-bond donors (Lipinski definition) is 2. The molecule has 0 aliphatic heterocycles. The van der Waals surface area contributed by atoms with Crippen LogP contribution in [-0.2, 0) is 6.42 Å². The van der Waals surface area contributed by atoms with Gasteiger partial charge in [0.25, 0.3) is 0 Å². The summed E-state index contributed by atoms with van der Waals surface area (Å²) in [5, 5.41) is 0.793. The number of nitrogens with one attached hydrogen (secondary N) is 1. The molecule has 0 bridgehead atoms. The van der Waals surface area contributed by atoms with E-state index in [0.717, 1.165) is 21.6 Å². The maximum atomic E-state index is 5.26. The molecule has 0 unspecified atom stereocenters. The van der Waals surface area contributed by atoms with Gasteiger partial charge in [0.05, 0.1) is 0 Å². The summed E-state index contributed by atoms with van der Waals surface area (Å²) in [7, 11) is 0. The van der Waals surface area contributed by atoms with Crippen LogP contribution in [0.15, 0.2) is 21.8 Å². The minimum atomic E-state index is 0.581. The standard InChI is InChI=1S/C8H10N6S2/c1-2-5-12-8(16-14-5)15-7-3-6(13-9)10-4-11-7/h3-4H,2,9H2,1H3,(H,10,11,13). The average Bonchev–Trinajstić information content (AvgIpc) is 2.77. The lowest BCUT2D eigenvalue weighted by Gasteiger charge is -1.99. The van der Waals surface area contributed by atoms with Gasteiger partial charge in [-0.25, -0.2) is 20.8 Å². The fourth-order valence-corrected chi connectivity index (χ4v) is 2.60. The van der Waals surface area contributed by atoms with Crippen LogP contribution < -0.4 is 11.3 Å². The second-order valence-corrected chi connectivity index (χ2v) is 4.84. The molecule has 16 heavy (non-hydrogen) atoms. The fraction of sp³-hybridized carbons (Fsp3) is 0.250. The molecule has 2 aromatic heterocycles. The Kier molecular flexibility index (Phi) is 3.65. The van der Waals surface area contributed by atoms with Crippen LogP contribution in [-0.4, -0.2) is 19.3 Å². The van der Waals surface area contributed by atoms with Gasteiger partial charge in [0.2, 0.25) is 0 Å². The molecule has 0 saturated carbocycles. The van der Waals surface area contributed by atoms with Gasteiger partial charge in [-0.2, -0.15) is 4.37 Å². The molecular formula is C8H10N6S2. The molecular weight excluding hydrogens is 244 g/mol. The predicted molar refractivity (Wildman–Crippen MR) is 63.3 cm³/mol. The van der Waals surface area contributed by atoms with E-state index in [4.69, 9.17) is 5.84 Å². The second kappa shape index (κ2) is 5.19. The highest BCUT2D eigenvalue weighted by atomic mass is 32.2. The van der Waals surface area contributed by atoms with Gasteiger partial charge in [-0.3, -0.25) is 0 Å². The summed E-state index contributed by atoms with van der Waals surface area (Å²) in [5.41, 5.74) is 2.47. The van der Waals surface area contributed by atoms with Crippen LogP contribution in [0, 0.1) is 0 Å². The Morgan fingerprint density at radius 1 is 1.50 bits per heavy atom. The first-order valence-electron chi connectivity index (χ1n) is 4.61. The van der Waals surface area contributed by atoms with E-state index in [-0.39, 0.29) is 0 Å². The first-order valence-corrected chi connectivity index (χ1v) is 6.20. The number of hydrazine groups is 1. The lowest BCUT2D eigenvalue weighted by molar-refractivity contribution is 0.968. The van der Waals surface area contributed by atoms with Crippen LogP contribution >= 0.6 is 23.3 Å². The molecule has 0 aliphatic rings. The van der Waals surface area contributed by atoms with E-state index in [9.17, 15) is 0 Å². The number of aryl methyl sites for hydroxylation is 1. The van der Waals surface area contributed by atoms with Crippen molar-refractivity contribution in [2.45, 2.75) is 22.7 Å². The number of nitrogens with zero attached hydrogens (tertiary/aromatic N) is 4. The van der Waals surface area contributed by atoms with Gasteiger partial charge in [-0.05, 0) is 23.3 Å². The topological polar surface area (TPSA) is 89.6 Å². The van der Waals surface area contributed by atoms with Crippen LogP contribution in [0.1, 0.15) is 12.7 Å².